The molecule has 1 amide bonds. The number of amides is 1. The van der Waals surface area contributed by atoms with Crippen LogP contribution in [0.4, 0.5) is 13.2 Å². The highest BCUT2D eigenvalue weighted by Gasteiger charge is 2.40. The fourth-order valence-corrected chi connectivity index (χ4v) is 3.28. The van der Waals surface area contributed by atoms with Crippen molar-refractivity contribution in [2.24, 2.45) is 0 Å². The van der Waals surface area contributed by atoms with Crippen molar-refractivity contribution in [1.29, 1.82) is 0 Å². The number of nitrogens with one attached hydrogen (secondary N) is 1. The number of benzene rings is 2. The van der Waals surface area contributed by atoms with Crippen LogP contribution in [0.15, 0.2) is 42.6 Å². The number of carbonyl (C=O) groups excluding carboxylic acids is 1. The summed E-state index contributed by atoms with van der Waals surface area (Å²) in [5, 5.41) is 6.48. The third-order valence-corrected chi connectivity index (χ3v) is 4.80. The normalized spacial score (nSPS) is 11.2. The number of nitrogens with zero attached hydrogens (tertiary/aromatic N) is 2. The van der Waals surface area contributed by atoms with E-state index in [9.17, 15) is 18.0 Å². The number of hydrogen-bond donors (Lipinski definition) is 1. The molecule has 3 aromatic rings. The van der Waals surface area contributed by atoms with Crippen molar-refractivity contribution in [2.75, 3.05) is 21.3 Å². The van der Waals surface area contributed by atoms with Gasteiger partial charge in [0.15, 0.2) is 17.2 Å². The first-order valence-corrected chi connectivity index (χ1v) is 9.55. The van der Waals surface area contributed by atoms with Crippen molar-refractivity contribution in [1.82, 2.24) is 15.1 Å². The molecule has 0 saturated heterocycles. The summed E-state index contributed by atoms with van der Waals surface area (Å²) in [6.07, 6.45) is -3.97. The van der Waals surface area contributed by atoms with E-state index in [1.807, 2.05) is 0 Å². The first-order valence-electron chi connectivity index (χ1n) is 9.17. The lowest BCUT2D eigenvalue weighted by Gasteiger charge is -2.15. The SMILES string of the molecule is COc1cc(OC)c(OC)cc1CNC(=O)c1cnn(-c2cccc(Cl)c2)c1C(F)(F)F. The summed E-state index contributed by atoms with van der Waals surface area (Å²) < 4.78 is 57.8. The number of rotatable bonds is 7. The lowest BCUT2D eigenvalue weighted by molar-refractivity contribution is -0.143. The van der Waals surface area contributed by atoms with E-state index in [0.717, 1.165) is 6.20 Å². The monoisotopic (exact) mass is 469 g/mol. The van der Waals surface area contributed by atoms with Crippen LogP contribution in [0.1, 0.15) is 21.6 Å². The van der Waals surface area contributed by atoms with Gasteiger partial charge in [0.25, 0.3) is 5.91 Å². The zero-order valence-corrected chi connectivity index (χ0v) is 18.0. The van der Waals surface area contributed by atoms with Gasteiger partial charge in [0.05, 0.1) is 38.8 Å². The van der Waals surface area contributed by atoms with Crippen molar-refractivity contribution in [3.05, 3.63) is 64.4 Å². The first kappa shape index (κ1) is 23.3. The highest BCUT2D eigenvalue weighted by Crippen LogP contribution is 2.36. The van der Waals surface area contributed by atoms with Gasteiger partial charge in [0, 0.05) is 23.2 Å². The van der Waals surface area contributed by atoms with Crippen molar-refractivity contribution >= 4 is 17.5 Å². The first-order chi connectivity index (χ1) is 15.2. The third-order valence-electron chi connectivity index (χ3n) is 4.56. The predicted octanol–water partition coefficient (Wildman–Crippen LogP) is 4.50. The van der Waals surface area contributed by atoms with Gasteiger partial charge < -0.3 is 19.5 Å². The zero-order chi connectivity index (χ0) is 23.5. The smallest absolute Gasteiger partial charge is 0.434 e. The van der Waals surface area contributed by atoms with E-state index in [2.05, 4.69) is 10.4 Å². The summed E-state index contributed by atoms with van der Waals surface area (Å²) in [6, 6.07) is 8.86. The van der Waals surface area contributed by atoms with Crippen molar-refractivity contribution < 1.29 is 32.2 Å². The average Bonchev–Trinajstić information content (AvgIpc) is 3.23. The molecule has 3 rings (SSSR count). The molecular formula is C21H19ClF3N3O4. The van der Waals surface area contributed by atoms with E-state index >= 15 is 0 Å². The topological polar surface area (TPSA) is 74.6 Å². The van der Waals surface area contributed by atoms with Crippen LogP contribution in [0.2, 0.25) is 5.02 Å². The molecule has 0 spiro atoms. The quantitative estimate of drug-likeness (QED) is 0.551. The maximum atomic E-state index is 13.8. The number of ether oxygens (including phenoxy) is 3. The summed E-state index contributed by atoms with van der Waals surface area (Å²) >= 11 is 5.89. The Bertz CT molecular complexity index is 1130. The van der Waals surface area contributed by atoms with Crippen LogP contribution in [-0.2, 0) is 12.7 Å². The van der Waals surface area contributed by atoms with Gasteiger partial charge in [-0.1, -0.05) is 17.7 Å². The number of methoxy groups -OCH3 is 3. The fraction of sp³-hybridized carbons (Fsp3) is 0.238. The van der Waals surface area contributed by atoms with Crippen LogP contribution >= 0.6 is 11.6 Å². The van der Waals surface area contributed by atoms with Crippen LogP contribution in [0, 0.1) is 0 Å². The van der Waals surface area contributed by atoms with Crippen molar-refractivity contribution in [2.45, 2.75) is 12.7 Å². The predicted molar refractivity (Wildman–Crippen MR) is 111 cm³/mol. The molecule has 1 N–H and O–H groups in total. The number of aromatic nitrogens is 2. The van der Waals surface area contributed by atoms with Crippen LogP contribution < -0.4 is 19.5 Å². The Labute approximate surface area is 186 Å². The second kappa shape index (κ2) is 9.39. The van der Waals surface area contributed by atoms with Crippen molar-refractivity contribution in [3.8, 4) is 22.9 Å². The summed E-state index contributed by atoms with van der Waals surface area (Å²) in [5.74, 6) is 0.194. The van der Waals surface area contributed by atoms with Gasteiger partial charge in [0.2, 0.25) is 0 Å². The van der Waals surface area contributed by atoms with E-state index in [1.165, 1.54) is 45.6 Å². The Morgan fingerprint density at radius 2 is 1.72 bits per heavy atom. The molecular weight excluding hydrogens is 451 g/mol. The molecule has 1 heterocycles. The summed E-state index contributed by atoms with van der Waals surface area (Å²) in [7, 11) is 4.31. The molecule has 0 bridgehead atoms. The molecule has 0 fully saturated rings. The summed E-state index contributed by atoms with van der Waals surface area (Å²) in [4.78, 5) is 12.7. The maximum absolute atomic E-state index is 13.8. The Kier molecular flexibility index (Phi) is 6.83. The highest BCUT2D eigenvalue weighted by atomic mass is 35.5. The zero-order valence-electron chi connectivity index (χ0n) is 17.3. The van der Waals surface area contributed by atoms with E-state index in [1.54, 1.807) is 12.1 Å². The lowest BCUT2D eigenvalue weighted by Crippen LogP contribution is -2.26. The lowest BCUT2D eigenvalue weighted by atomic mass is 10.1. The third kappa shape index (κ3) is 4.75. The molecule has 0 saturated carbocycles. The molecule has 0 atom stereocenters. The molecule has 7 nitrogen and oxygen atoms in total. The van der Waals surface area contributed by atoms with Crippen LogP contribution in [-0.4, -0.2) is 37.0 Å². The molecule has 0 aliphatic carbocycles. The van der Waals surface area contributed by atoms with Crippen LogP contribution in [0.3, 0.4) is 0 Å². The van der Waals surface area contributed by atoms with Gasteiger partial charge in [-0.15, -0.1) is 0 Å². The average molecular weight is 470 g/mol. The molecule has 32 heavy (non-hydrogen) atoms. The maximum Gasteiger partial charge on any atom is 0.434 e. The number of hydrogen-bond acceptors (Lipinski definition) is 5. The van der Waals surface area contributed by atoms with Gasteiger partial charge >= 0.3 is 6.18 Å². The Morgan fingerprint density at radius 3 is 2.31 bits per heavy atom. The second-order valence-corrected chi connectivity index (χ2v) is 6.93. The van der Waals surface area contributed by atoms with E-state index in [-0.39, 0.29) is 17.3 Å². The number of carbonyl (C=O) groups is 1. The van der Waals surface area contributed by atoms with E-state index in [0.29, 0.717) is 27.5 Å². The highest BCUT2D eigenvalue weighted by molar-refractivity contribution is 6.30. The molecule has 170 valence electrons. The fourth-order valence-electron chi connectivity index (χ4n) is 3.09. The van der Waals surface area contributed by atoms with Gasteiger partial charge in [-0.3, -0.25) is 4.79 Å². The van der Waals surface area contributed by atoms with Gasteiger partial charge in [-0.05, 0) is 24.3 Å². The Hall–Kier alpha value is -3.40. The Balaban J connectivity index is 1.93. The standard InChI is InChI=1S/C21H19ClF3N3O4/c1-30-16-9-18(32-3)17(31-2)7-12(16)10-26-20(29)15-11-27-28(19(15)21(23,24)25)14-6-4-5-13(22)8-14/h4-9,11H,10H2,1-3H3,(H,26,29). The Morgan fingerprint density at radius 1 is 1.06 bits per heavy atom. The molecule has 0 aliphatic heterocycles. The van der Waals surface area contributed by atoms with Gasteiger partial charge in [0.1, 0.15) is 5.75 Å². The van der Waals surface area contributed by atoms with Crippen LogP contribution in [0.5, 0.6) is 17.2 Å². The number of alkyl halides is 3. The van der Waals surface area contributed by atoms with Gasteiger partial charge in [-0.25, -0.2) is 4.68 Å². The molecule has 2 aromatic carbocycles. The molecule has 0 unspecified atom stereocenters. The summed E-state index contributed by atoms with van der Waals surface area (Å²) in [6.45, 7) is -0.123. The molecule has 0 radical (unpaired) electrons. The van der Waals surface area contributed by atoms with Crippen molar-refractivity contribution in [3.63, 3.8) is 0 Å². The molecule has 11 heteroatoms. The largest absolute Gasteiger partial charge is 0.496 e. The second-order valence-electron chi connectivity index (χ2n) is 6.50. The minimum absolute atomic E-state index is 0.0745. The van der Waals surface area contributed by atoms with Crippen LogP contribution in [0.25, 0.3) is 5.69 Å². The summed E-state index contributed by atoms with van der Waals surface area (Å²) in [5.41, 5.74) is -1.28. The van der Waals surface area contributed by atoms with E-state index in [4.69, 9.17) is 25.8 Å². The van der Waals surface area contributed by atoms with E-state index < -0.39 is 23.3 Å². The minimum atomic E-state index is -4.84. The molecule has 0 aliphatic rings. The minimum Gasteiger partial charge on any atom is -0.496 e. The van der Waals surface area contributed by atoms with Gasteiger partial charge in [-0.2, -0.15) is 18.3 Å². The number of halogens is 4. The molecule has 1 aromatic heterocycles.